The monoisotopic (exact) mass is 227 g/mol. The molecule has 0 fully saturated rings. The molecule has 0 rings (SSSR count). The third-order valence-corrected chi connectivity index (χ3v) is 0.175. The van der Waals surface area contributed by atoms with Gasteiger partial charge in [-0.2, -0.15) is 0 Å². The predicted octanol–water partition coefficient (Wildman–Crippen LogP) is -1.08. The van der Waals surface area contributed by atoms with E-state index in [0.717, 1.165) is 6.08 Å². The molecular formula is C3H4CoO6S. The SMILES string of the molecule is C=CC(=O)O.O=S(=O)([O-])[O-].[Co+2]. The van der Waals surface area contributed by atoms with Gasteiger partial charge in [0.15, 0.2) is 0 Å². The van der Waals surface area contributed by atoms with Gasteiger partial charge in [0, 0.05) is 16.5 Å². The molecule has 0 aliphatic rings. The largest absolute Gasteiger partial charge is 2.00 e. The van der Waals surface area contributed by atoms with E-state index in [9.17, 15) is 4.79 Å². The van der Waals surface area contributed by atoms with Crippen LogP contribution in [-0.4, -0.2) is 28.6 Å². The third-order valence-electron chi connectivity index (χ3n) is 0.175. The van der Waals surface area contributed by atoms with E-state index >= 15 is 0 Å². The van der Waals surface area contributed by atoms with Gasteiger partial charge in [-0.25, -0.2) is 4.79 Å². The molecule has 0 aromatic carbocycles. The summed E-state index contributed by atoms with van der Waals surface area (Å²) in [4.78, 5) is 9.25. The second-order valence-electron chi connectivity index (χ2n) is 0.951. The summed E-state index contributed by atoms with van der Waals surface area (Å²) in [6, 6.07) is 0. The van der Waals surface area contributed by atoms with Crippen molar-refractivity contribution >= 4 is 16.4 Å². The van der Waals surface area contributed by atoms with Crippen LogP contribution in [0.2, 0.25) is 0 Å². The first-order valence-electron chi connectivity index (χ1n) is 1.79. The van der Waals surface area contributed by atoms with Gasteiger partial charge in [-0.05, 0) is 0 Å². The second-order valence-corrected chi connectivity index (χ2v) is 1.77. The summed E-state index contributed by atoms with van der Waals surface area (Å²) in [6.07, 6.45) is 0.833. The molecule has 0 unspecified atom stereocenters. The summed E-state index contributed by atoms with van der Waals surface area (Å²) in [6.45, 7) is 2.96. The molecule has 0 saturated carbocycles. The fraction of sp³-hybridized carbons (Fsp3) is 0. The molecule has 0 bridgehead atoms. The van der Waals surface area contributed by atoms with Crippen LogP contribution in [0.15, 0.2) is 12.7 Å². The summed E-state index contributed by atoms with van der Waals surface area (Å²) in [7, 11) is -5.17. The van der Waals surface area contributed by atoms with Gasteiger partial charge in [0.25, 0.3) is 0 Å². The fourth-order valence-corrected chi connectivity index (χ4v) is 0. The van der Waals surface area contributed by atoms with Crippen LogP contribution >= 0.6 is 0 Å². The van der Waals surface area contributed by atoms with E-state index in [-0.39, 0.29) is 16.8 Å². The molecule has 0 aromatic heterocycles. The molecule has 0 saturated heterocycles. The molecule has 1 radical (unpaired) electrons. The predicted molar refractivity (Wildman–Crippen MR) is 28.3 cm³/mol. The minimum Gasteiger partial charge on any atom is -0.759 e. The van der Waals surface area contributed by atoms with Crippen molar-refractivity contribution in [1.82, 2.24) is 0 Å². The normalized spacial score (nSPS) is 8.18. The molecule has 0 aliphatic heterocycles. The van der Waals surface area contributed by atoms with Crippen LogP contribution in [0.3, 0.4) is 0 Å². The minimum atomic E-state index is -5.17. The van der Waals surface area contributed by atoms with Gasteiger partial charge in [0.05, 0.1) is 0 Å². The number of rotatable bonds is 1. The summed E-state index contributed by atoms with van der Waals surface area (Å²) in [5.74, 6) is -0.981. The molecule has 6 nitrogen and oxygen atoms in total. The van der Waals surface area contributed by atoms with Crippen LogP contribution in [0, 0.1) is 0 Å². The van der Waals surface area contributed by atoms with E-state index in [2.05, 4.69) is 6.58 Å². The smallest absolute Gasteiger partial charge is 0.759 e. The average Bonchev–Trinajstić information content (AvgIpc) is 1.61. The topological polar surface area (TPSA) is 118 Å². The number of hydrogen-bond acceptors (Lipinski definition) is 5. The van der Waals surface area contributed by atoms with Crippen molar-refractivity contribution in [3.8, 4) is 0 Å². The summed E-state index contributed by atoms with van der Waals surface area (Å²) in [5, 5.41) is 7.60. The average molecular weight is 227 g/mol. The fourth-order valence-electron chi connectivity index (χ4n) is 0. The van der Waals surface area contributed by atoms with Crippen LogP contribution in [0.25, 0.3) is 0 Å². The zero-order valence-electron chi connectivity index (χ0n) is 5.01. The van der Waals surface area contributed by atoms with E-state index in [4.69, 9.17) is 22.6 Å². The van der Waals surface area contributed by atoms with Crippen molar-refractivity contribution in [1.29, 1.82) is 0 Å². The molecule has 1 N–H and O–H groups in total. The molecule has 0 aliphatic carbocycles. The zero-order valence-corrected chi connectivity index (χ0v) is 6.87. The van der Waals surface area contributed by atoms with Crippen LogP contribution in [0.5, 0.6) is 0 Å². The minimum absolute atomic E-state index is 0. The van der Waals surface area contributed by atoms with Gasteiger partial charge >= 0.3 is 22.7 Å². The molecule has 0 spiro atoms. The van der Waals surface area contributed by atoms with E-state index in [1.165, 1.54) is 0 Å². The Labute approximate surface area is 73.7 Å². The van der Waals surface area contributed by atoms with E-state index < -0.39 is 16.4 Å². The van der Waals surface area contributed by atoms with Crippen LogP contribution in [-0.2, 0) is 32.0 Å². The maximum absolute atomic E-state index is 9.25. The molecule has 67 valence electrons. The third kappa shape index (κ3) is 219. The van der Waals surface area contributed by atoms with Crippen LogP contribution in [0.4, 0.5) is 0 Å². The van der Waals surface area contributed by atoms with Crippen molar-refractivity contribution in [2.75, 3.05) is 0 Å². The van der Waals surface area contributed by atoms with E-state index in [1.807, 2.05) is 0 Å². The first kappa shape index (κ1) is 16.9. The van der Waals surface area contributed by atoms with Gasteiger partial charge in [-0.3, -0.25) is 8.42 Å². The maximum Gasteiger partial charge on any atom is 2.00 e. The molecule has 0 aromatic rings. The molecule has 0 atom stereocenters. The first-order chi connectivity index (χ1) is 4.27. The van der Waals surface area contributed by atoms with Crippen molar-refractivity contribution in [2.45, 2.75) is 0 Å². The van der Waals surface area contributed by atoms with Crippen molar-refractivity contribution in [3.05, 3.63) is 12.7 Å². The maximum atomic E-state index is 9.25. The summed E-state index contributed by atoms with van der Waals surface area (Å²) in [5.41, 5.74) is 0. The van der Waals surface area contributed by atoms with Crippen LogP contribution in [0.1, 0.15) is 0 Å². The van der Waals surface area contributed by atoms with Gasteiger partial charge in [0.2, 0.25) is 0 Å². The molecule has 8 heteroatoms. The number of carboxylic acid groups (broad SMARTS) is 1. The Kier molecular flexibility index (Phi) is 11.8. The van der Waals surface area contributed by atoms with Gasteiger partial charge < -0.3 is 14.2 Å². The standard InChI is InChI=1S/C3H4O2.Co.H2O4S/c1-2-3(4)5;;1-5(2,3)4/h2H,1H2,(H,4,5);;(H2,1,2,3,4)/q;+2;/p-2. The van der Waals surface area contributed by atoms with Gasteiger partial charge in [-0.15, -0.1) is 0 Å². The summed E-state index contributed by atoms with van der Waals surface area (Å²) >= 11 is 0. The number of aliphatic carboxylic acids is 1. The molecule has 0 heterocycles. The Hall–Kier alpha value is -0.414. The summed E-state index contributed by atoms with van der Waals surface area (Å²) < 4.78 is 34.1. The Morgan fingerprint density at radius 3 is 1.55 bits per heavy atom. The molecule has 0 amide bonds. The van der Waals surface area contributed by atoms with Crippen molar-refractivity contribution < 1.29 is 44.2 Å². The second kappa shape index (κ2) is 7.69. The Bertz CT molecular complexity index is 198. The van der Waals surface area contributed by atoms with E-state index in [1.54, 1.807) is 0 Å². The van der Waals surface area contributed by atoms with Crippen molar-refractivity contribution in [3.63, 3.8) is 0 Å². The number of hydrogen-bond donors (Lipinski definition) is 1. The van der Waals surface area contributed by atoms with Gasteiger partial charge in [0.1, 0.15) is 0 Å². The number of carbonyl (C=O) groups is 1. The Morgan fingerprint density at radius 2 is 1.55 bits per heavy atom. The Balaban J connectivity index is -0.000000107. The zero-order chi connectivity index (χ0) is 8.78. The molecular weight excluding hydrogens is 223 g/mol. The quantitative estimate of drug-likeness (QED) is 0.345. The van der Waals surface area contributed by atoms with Crippen LogP contribution < -0.4 is 0 Å². The van der Waals surface area contributed by atoms with E-state index in [0.29, 0.717) is 0 Å². The van der Waals surface area contributed by atoms with Gasteiger partial charge in [-0.1, -0.05) is 6.58 Å². The van der Waals surface area contributed by atoms with Crippen molar-refractivity contribution in [2.24, 2.45) is 0 Å². The molecule has 11 heavy (non-hydrogen) atoms. The first-order valence-corrected chi connectivity index (χ1v) is 3.12. The number of carboxylic acids is 1. The Morgan fingerprint density at radius 1 is 1.45 bits per heavy atom.